The largest absolute Gasteiger partial charge is 0.497 e. The first kappa shape index (κ1) is 21.8. The lowest BCUT2D eigenvalue weighted by Gasteiger charge is -2.13. The monoisotopic (exact) mass is 424 g/mol. The van der Waals surface area contributed by atoms with Crippen molar-refractivity contribution in [3.63, 3.8) is 0 Å². The van der Waals surface area contributed by atoms with Crippen molar-refractivity contribution < 1.29 is 23.9 Å². The number of benzene rings is 2. The van der Waals surface area contributed by atoms with Gasteiger partial charge in [-0.15, -0.1) is 0 Å². The van der Waals surface area contributed by atoms with E-state index in [0.717, 1.165) is 11.3 Å². The van der Waals surface area contributed by atoms with Crippen molar-refractivity contribution >= 4 is 29.4 Å². The second-order valence-electron chi connectivity index (χ2n) is 7.12. The van der Waals surface area contributed by atoms with Gasteiger partial charge in [-0.25, -0.2) is 4.79 Å². The summed E-state index contributed by atoms with van der Waals surface area (Å²) >= 11 is 0. The molecule has 1 atom stereocenters. The van der Waals surface area contributed by atoms with Gasteiger partial charge >= 0.3 is 6.03 Å². The molecule has 0 radical (unpaired) electrons. The number of rotatable bonds is 9. The molecular weight excluding hydrogens is 400 g/mol. The van der Waals surface area contributed by atoms with Crippen molar-refractivity contribution in [2.45, 2.75) is 25.3 Å². The smallest absolute Gasteiger partial charge is 0.324 e. The quantitative estimate of drug-likeness (QED) is 0.527. The first-order valence-electron chi connectivity index (χ1n) is 9.82. The zero-order valence-corrected chi connectivity index (χ0v) is 17.1. The number of carbonyl (C=O) groups excluding carboxylic acids is 4. The molecule has 162 valence electrons. The molecule has 0 aliphatic carbocycles. The molecule has 1 heterocycles. The van der Waals surface area contributed by atoms with E-state index in [4.69, 9.17) is 10.5 Å². The first-order chi connectivity index (χ1) is 14.9. The number of ether oxygens (including phenoxy) is 1. The number of nitrogens with one attached hydrogen (secondary N) is 2. The number of nitrogens with two attached hydrogens (primary N) is 1. The zero-order chi connectivity index (χ0) is 22.4. The predicted molar refractivity (Wildman–Crippen MR) is 114 cm³/mol. The second-order valence-corrected chi connectivity index (χ2v) is 7.12. The second kappa shape index (κ2) is 9.75. The number of carbonyl (C=O) groups is 4. The molecular formula is C22H24N4O5. The molecule has 1 fully saturated rings. The van der Waals surface area contributed by atoms with Crippen LogP contribution in [0.3, 0.4) is 0 Å². The van der Waals surface area contributed by atoms with Gasteiger partial charge in [-0.1, -0.05) is 12.1 Å². The Morgan fingerprint density at radius 1 is 1.10 bits per heavy atom. The first-order valence-corrected chi connectivity index (χ1v) is 9.82. The van der Waals surface area contributed by atoms with E-state index in [0.29, 0.717) is 17.7 Å². The zero-order valence-electron chi connectivity index (χ0n) is 17.1. The minimum Gasteiger partial charge on any atom is -0.497 e. The summed E-state index contributed by atoms with van der Waals surface area (Å²) in [5.41, 5.74) is 7.01. The molecule has 9 nitrogen and oxygen atoms in total. The highest BCUT2D eigenvalue weighted by Crippen LogP contribution is 2.16. The summed E-state index contributed by atoms with van der Waals surface area (Å²) in [6, 6.07) is 12.4. The van der Waals surface area contributed by atoms with Crippen molar-refractivity contribution in [2.75, 3.05) is 19.0 Å². The average Bonchev–Trinajstić information content (AvgIpc) is 3.04. The fourth-order valence-corrected chi connectivity index (χ4v) is 3.23. The maximum atomic E-state index is 12.6. The number of urea groups is 1. The fraction of sp³-hybridized carbons (Fsp3) is 0.273. The topological polar surface area (TPSA) is 131 Å². The van der Waals surface area contributed by atoms with Crippen LogP contribution in [0.1, 0.15) is 28.8 Å². The maximum absolute atomic E-state index is 12.6. The summed E-state index contributed by atoms with van der Waals surface area (Å²) in [5, 5.41) is 5.32. The van der Waals surface area contributed by atoms with Crippen molar-refractivity contribution in [3.05, 3.63) is 59.7 Å². The number of amides is 5. The van der Waals surface area contributed by atoms with Gasteiger partial charge in [-0.05, 0) is 54.8 Å². The van der Waals surface area contributed by atoms with E-state index in [1.165, 1.54) is 17.0 Å². The minimum absolute atomic E-state index is 0.0561. The third kappa shape index (κ3) is 5.59. The van der Waals surface area contributed by atoms with Gasteiger partial charge < -0.3 is 21.1 Å². The Bertz CT molecular complexity index is 972. The molecule has 1 saturated heterocycles. The van der Waals surface area contributed by atoms with Gasteiger partial charge in [0.15, 0.2) is 0 Å². The third-order valence-corrected chi connectivity index (χ3v) is 5.00. The Labute approximate surface area is 179 Å². The molecule has 0 saturated carbocycles. The predicted octanol–water partition coefficient (Wildman–Crippen LogP) is 1.68. The van der Waals surface area contributed by atoms with E-state index >= 15 is 0 Å². The molecule has 0 unspecified atom stereocenters. The Morgan fingerprint density at radius 2 is 1.77 bits per heavy atom. The summed E-state index contributed by atoms with van der Waals surface area (Å²) in [6.45, 7) is 0.256. The van der Waals surface area contributed by atoms with Gasteiger partial charge in [0, 0.05) is 24.2 Å². The highest BCUT2D eigenvalue weighted by Gasteiger charge is 2.37. The van der Waals surface area contributed by atoms with E-state index in [9.17, 15) is 19.2 Å². The lowest BCUT2D eigenvalue weighted by Crippen LogP contribution is -2.33. The summed E-state index contributed by atoms with van der Waals surface area (Å²) < 4.78 is 5.11. The van der Waals surface area contributed by atoms with Gasteiger partial charge in [0.25, 0.3) is 5.91 Å². The van der Waals surface area contributed by atoms with Crippen LogP contribution >= 0.6 is 0 Å². The van der Waals surface area contributed by atoms with Crippen molar-refractivity contribution in [3.8, 4) is 5.75 Å². The average molecular weight is 424 g/mol. The lowest BCUT2D eigenvalue weighted by molar-refractivity contribution is -0.127. The Morgan fingerprint density at radius 3 is 2.39 bits per heavy atom. The van der Waals surface area contributed by atoms with E-state index < -0.39 is 18.0 Å². The van der Waals surface area contributed by atoms with E-state index in [1.807, 2.05) is 24.3 Å². The van der Waals surface area contributed by atoms with Gasteiger partial charge in [0.05, 0.1) is 7.11 Å². The highest BCUT2D eigenvalue weighted by molar-refractivity contribution is 6.04. The van der Waals surface area contributed by atoms with Gasteiger partial charge in [0.1, 0.15) is 11.8 Å². The third-order valence-electron chi connectivity index (χ3n) is 5.00. The SMILES string of the molecule is COc1ccc(CCN2C(=O)N[C@H](CCC(=O)Nc3ccc(C(N)=O)cc3)C2=O)cc1. The summed E-state index contributed by atoms with van der Waals surface area (Å²) in [4.78, 5) is 49.2. The van der Waals surface area contributed by atoms with Crippen LogP contribution < -0.4 is 21.1 Å². The van der Waals surface area contributed by atoms with Crippen LogP contribution in [0.2, 0.25) is 0 Å². The van der Waals surface area contributed by atoms with Crippen LogP contribution in [-0.2, 0) is 16.0 Å². The Hall–Kier alpha value is -3.88. The summed E-state index contributed by atoms with van der Waals surface area (Å²) in [5.74, 6) is -0.450. The number of imide groups is 1. The van der Waals surface area contributed by atoms with E-state index in [1.54, 1.807) is 19.2 Å². The van der Waals surface area contributed by atoms with E-state index in [2.05, 4.69) is 10.6 Å². The molecule has 0 spiro atoms. The van der Waals surface area contributed by atoms with E-state index in [-0.39, 0.29) is 31.2 Å². The number of nitrogens with zero attached hydrogens (tertiary/aromatic N) is 1. The molecule has 4 N–H and O–H groups in total. The number of hydrogen-bond acceptors (Lipinski definition) is 5. The van der Waals surface area contributed by atoms with Crippen molar-refractivity contribution in [1.82, 2.24) is 10.2 Å². The number of primary amides is 1. The van der Waals surface area contributed by atoms with Crippen molar-refractivity contribution in [2.24, 2.45) is 5.73 Å². The van der Waals surface area contributed by atoms with Gasteiger partial charge in [-0.2, -0.15) is 0 Å². The molecule has 2 aromatic rings. The molecule has 2 aromatic carbocycles. The van der Waals surface area contributed by atoms with Crippen LogP contribution in [-0.4, -0.2) is 48.3 Å². The number of anilines is 1. The molecule has 3 rings (SSSR count). The molecule has 0 aromatic heterocycles. The molecule has 1 aliphatic rings. The molecule has 5 amide bonds. The highest BCUT2D eigenvalue weighted by atomic mass is 16.5. The van der Waals surface area contributed by atoms with Crippen LogP contribution in [0.4, 0.5) is 10.5 Å². The van der Waals surface area contributed by atoms with Crippen LogP contribution in [0.25, 0.3) is 0 Å². The minimum atomic E-state index is -0.730. The van der Waals surface area contributed by atoms with Crippen LogP contribution in [0.15, 0.2) is 48.5 Å². The summed E-state index contributed by atoms with van der Waals surface area (Å²) in [7, 11) is 1.59. The maximum Gasteiger partial charge on any atom is 0.324 e. The molecule has 1 aliphatic heterocycles. The summed E-state index contributed by atoms with van der Waals surface area (Å²) in [6.07, 6.45) is 0.771. The standard InChI is InChI=1S/C22H24N4O5/c1-31-17-8-2-14(3-9-17)12-13-26-21(29)18(25-22(26)30)10-11-19(27)24-16-6-4-15(5-7-16)20(23)28/h2-9,18H,10-13H2,1H3,(H2,23,28)(H,24,27)(H,25,30)/t18-/m1/s1. The fourth-order valence-electron chi connectivity index (χ4n) is 3.23. The van der Waals surface area contributed by atoms with Gasteiger partial charge in [0.2, 0.25) is 11.8 Å². The lowest BCUT2D eigenvalue weighted by atomic mass is 10.1. The Balaban J connectivity index is 1.47. The van der Waals surface area contributed by atoms with Crippen molar-refractivity contribution in [1.29, 1.82) is 0 Å². The number of hydrogen-bond donors (Lipinski definition) is 3. The van der Waals surface area contributed by atoms with Crippen LogP contribution in [0, 0.1) is 0 Å². The van der Waals surface area contributed by atoms with Crippen LogP contribution in [0.5, 0.6) is 5.75 Å². The Kier molecular flexibility index (Phi) is 6.86. The molecule has 0 bridgehead atoms. The van der Waals surface area contributed by atoms with Gasteiger partial charge in [-0.3, -0.25) is 19.3 Å². The number of methoxy groups -OCH3 is 1. The molecule has 31 heavy (non-hydrogen) atoms. The molecule has 9 heteroatoms. The normalized spacial score (nSPS) is 15.5.